The molecule has 1 nitrogen and oxygen atoms in total. The average Bonchev–Trinajstić information content (AvgIpc) is 3.01. The number of rotatable bonds is 6. The standard InChI is InChI=1S/C31H32FN/c1-23-8-2-4-11-28(23)30-13-6-10-26-9-3-5-12-29(26)31(30)27-16-14-24(15-17-27)20-25-21-33(22-25)19-7-18-32/h2-5,8-9,11-12,14-17,20H,6-7,10,13,18-19,21-22H2,1H3. The van der Waals surface area contributed by atoms with Gasteiger partial charge < -0.3 is 0 Å². The van der Waals surface area contributed by atoms with Crippen LogP contribution in [0.3, 0.4) is 0 Å². The van der Waals surface area contributed by atoms with Crippen molar-refractivity contribution in [2.75, 3.05) is 26.3 Å². The minimum Gasteiger partial charge on any atom is -0.295 e. The van der Waals surface area contributed by atoms with Gasteiger partial charge in [0.2, 0.25) is 0 Å². The third-order valence-corrected chi connectivity index (χ3v) is 6.96. The zero-order valence-electron chi connectivity index (χ0n) is 19.5. The van der Waals surface area contributed by atoms with E-state index in [0.717, 1.165) is 32.5 Å². The lowest BCUT2D eigenvalue weighted by Gasteiger charge is -2.33. The van der Waals surface area contributed by atoms with Crippen LogP contribution >= 0.6 is 0 Å². The molecule has 0 spiro atoms. The fraction of sp³-hybridized carbons (Fsp3) is 0.290. The van der Waals surface area contributed by atoms with E-state index in [1.807, 2.05) is 0 Å². The van der Waals surface area contributed by atoms with Gasteiger partial charge in [0.1, 0.15) is 0 Å². The molecule has 1 heterocycles. The number of benzene rings is 3. The van der Waals surface area contributed by atoms with Crippen molar-refractivity contribution in [2.45, 2.75) is 32.6 Å². The zero-order chi connectivity index (χ0) is 22.6. The summed E-state index contributed by atoms with van der Waals surface area (Å²) in [5.41, 5.74) is 12.4. The maximum absolute atomic E-state index is 12.4. The Kier molecular flexibility index (Phi) is 6.55. The molecule has 3 aromatic rings. The quantitative estimate of drug-likeness (QED) is 0.390. The van der Waals surface area contributed by atoms with E-state index in [1.165, 1.54) is 56.5 Å². The smallest absolute Gasteiger partial charge is 0.0906 e. The van der Waals surface area contributed by atoms with Crippen LogP contribution in [0.5, 0.6) is 0 Å². The van der Waals surface area contributed by atoms with Gasteiger partial charge in [-0.1, -0.05) is 78.9 Å². The van der Waals surface area contributed by atoms with Gasteiger partial charge in [-0.15, -0.1) is 0 Å². The third-order valence-electron chi connectivity index (χ3n) is 6.96. The predicted octanol–water partition coefficient (Wildman–Crippen LogP) is 7.35. The first kappa shape index (κ1) is 21.9. The minimum absolute atomic E-state index is 0.222. The van der Waals surface area contributed by atoms with Crippen LogP contribution in [0.25, 0.3) is 17.2 Å². The molecule has 0 saturated carbocycles. The molecular formula is C31H32FN. The molecule has 0 aromatic heterocycles. The molecule has 168 valence electrons. The Balaban J connectivity index is 1.50. The zero-order valence-corrected chi connectivity index (χ0v) is 19.5. The number of hydrogen-bond donors (Lipinski definition) is 0. The summed E-state index contributed by atoms with van der Waals surface area (Å²) in [4.78, 5) is 2.31. The van der Waals surface area contributed by atoms with E-state index in [2.05, 4.69) is 90.7 Å². The first-order valence-electron chi connectivity index (χ1n) is 12.2. The maximum atomic E-state index is 12.4. The lowest BCUT2D eigenvalue weighted by atomic mass is 9.86. The summed E-state index contributed by atoms with van der Waals surface area (Å²) in [6.45, 7) is 4.81. The number of alkyl halides is 1. The van der Waals surface area contributed by atoms with Crippen molar-refractivity contribution in [3.63, 3.8) is 0 Å². The highest BCUT2D eigenvalue weighted by atomic mass is 19.1. The summed E-state index contributed by atoms with van der Waals surface area (Å²) in [5.74, 6) is 0. The summed E-state index contributed by atoms with van der Waals surface area (Å²) in [5, 5.41) is 0. The van der Waals surface area contributed by atoms with Crippen LogP contribution in [0.2, 0.25) is 0 Å². The molecule has 1 fully saturated rings. The van der Waals surface area contributed by atoms with Crippen molar-refractivity contribution in [3.05, 3.63) is 112 Å². The average molecular weight is 438 g/mol. The summed E-state index contributed by atoms with van der Waals surface area (Å²) in [6, 6.07) is 26.8. The molecule has 3 aromatic carbocycles. The van der Waals surface area contributed by atoms with Crippen LogP contribution in [0.15, 0.2) is 78.4 Å². The molecule has 1 saturated heterocycles. The molecule has 2 heteroatoms. The molecule has 1 aliphatic carbocycles. The molecule has 0 N–H and O–H groups in total. The van der Waals surface area contributed by atoms with E-state index in [9.17, 15) is 4.39 Å². The molecule has 2 aliphatic rings. The van der Waals surface area contributed by atoms with Gasteiger partial charge in [0, 0.05) is 19.6 Å². The summed E-state index contributed by atoms with van der Waals surface area (Å²) in [6.07, 6.45) is 6.33. The predicted molar refractivity (Wildman–Crippen MR) is 138 cm³/mol. The number of likely N-dealkylation sites (tertiary alicyclic amines) is 1. The molecule has 0 atom stereocenters. The Hall–Kier alpha value is -2.97. The molecular weight excluding hydrogens is 405 g/mol. The van der Waals surface area contributed by atoms with Crippen molar-refractivity contribution < 1.29 is 4.39 Å². The highest BCUT2D eigenvalue weighted by molar-refractivity contribution is 6.00. The Bertz CT molecular complexity index is 1180. The largest absolute Gasteiger partial charge is 0.295 e. The van der Waals surface area contributed by atoms with E-state index < -0.39 is 0 Å². The molecule has 0 amide bonds. The topological polar surface area (TPSA) is 3.24 Å². The van der Waals surface area contributed by atoms with E-state index >= 15 is 0 Å². The Morgan fingerprint density at radius 2 is 1.58 bits per heavy atom. The van der Waals surface area contributed by atoms with E-state index in [-0.39, 0.29) is 6.67 Å². The highest BCUT2D eigenvalue weighted by Gasteiger charge is 2.21. The number of nitrogens with zero attached hydrogens (tertiary/aromatic N) is 1. The first-order chi connectivity index (χ1) is 16.2. The lowest BCUT2D eigenvalue weighted by molar-refractivity contribution is 0.239. The van der Waals surface area contributed by atoms with Gasteiger partial charge in [0.25, 0.3) is 0 Å². The van der Waals surface area contributed by atoms with Gasteiger partial charge in [-0.2, -0.15) is 0 Å². The SMILES string of the molecule is Cc1ccccc1C1=C(c2ccc(C=C3CN(CCCF)C3)cc2)c2ccccc2CCC1. The fourth-order valence-electron chi connectivity index (χ4n) is 5.28. The third kappa shape index (κ3) is 4.72. The lowest BCUT2D eigenvalue weighted by Crippen LogP contribution is -2.40. The summed E-state index contributed by atoms with van der Waals surface area (Å²) < 4.78 is 12.4. The first-order valence-corrected chi connectivity index (χ1v) is 12.2. The van der Waals surface area contributed by atoms with Gasteiger partial charge in [-0.05, 0) is 82.7 Å². The molecule has 0 unspecified atom stereocenters. The van der Waals surface area contributed by atoms with Crippen LogP contribution in [0.1, 0.15) is 52.6 Å². The van der Waals surface area contributed by atoms with Crippen molar-refractivity contribution >= 4 is 17.2 Å². The Labute approximate surface area is 197 Å². The number of hydrogen-bond acceptors (Lipinski definition) is 1. The minimum atomic E-state index is -0.222. The Morgan fingerprint density at radius 3 is 2.33 bits per heavy atom. The number of halogens is 1. The fourth-order valence-corrected chi connectivity index (χ4v) is 5.28. The second-order valence-electron chi connectivity index (χ2n) is 9.36. The molecule has 5 rings (SSSR count). The molecule has 1 aliphatic heterocycles. The van der Waals surface area contributed by atoms with Gasteiger partial charge in [-0.25, -0.2) is 0 Å². The number of fused-ring (bicyclic) bond motifs is 1. The number of aryl methyl sites for hydroxylation is 2. The van der Waals surface area contributed by atoms with E-state index in [1.54, 1.807) is 0 Å². The van der Waals surface area contributed by atoms with Crippen molar-refractivity contribution in [1.29, 1.82) is 0 Å². The van der Waals surface area contributed by atoms with Crippen molar-refractivity contribution in [1.82, 2.24) is 4.90 Å². The van der Waals surface area contributed by atoms with Gasteiger partial charge in [0.15, 0.2) is 0 Å². The van der Waals surface area contributed by atoms with Crippen LogP contribution in [0, 0.1) is 6.92 Å². The van der Waals surface area contributed by atoms with Crippen LogP contribution in [-0.2, 0) is 6.42 Å². The normalized spacial score (nSPS) is 16.2. The maximum Gasteiger partial charge on any atom is 0.0906 e. The number of allylic oxidation sites excluding steroid dienone is 1. The second kappa shape index (κ2) is 9.89. The monoisotopic (exact) mass is 437 g/mol. The van der Waals surface area contributed by atoms with E-state index in [0.29, 0.717) is 6.42 Å². The Morgan fingerprint density at radius 1 is 0.848 bits per heavy atom. The van der Waals surface area contributed by atoms with Crippen LogP contribution in [-0.4, -0.2) is 31.2 Å². The van der Waals surface area contributed by atoms with Gasteiger partial charge >= 0.3 is 0 Å². The molecule has 0 bridgehead atoms. The van der Waals surface area contributed by atoms with Gasteiger partial charge in [-0.3, -0.25) is 9.29 Å². The van der Waals surface area contributed by atoms with Gasteiger partial charge in [0.05, 0.1) is 6.67 Å². The van der Waals surface area contributed by atoms with Crippen molar-refractivity contribution in [3.8, 4) is 0 Å². The highest BCUT2D eigenvalue weighted by Crippen LogP contribution is 2.40. The van der Waals surface area contributed by atoms with Crippen molar-refractivity contribution in [2.24, 2.45) is 0 Å². The summed E-state index contributed by atoms with van der Waals surface area (Å²) in [7, 11) is 0. The second-order valence-corrected chi connectivity index (χ2v) is 9.36. The summed E-state index contributed by atoms with van der Waals surface area (Å²) >= 11 is 0. The molecule has 0 radical (unpaired) electrons. The van der Waals surface area contributed by atoms with E-state index in [4.69, 9.17) is 0 Å². The van der Waals surface area contributed by atoms with Crippen LogP contribution < -0.4 is 0 Å². The van der Waals surface area contributed by atoms with Crippen LogP contribution in [0.4, 0.5) is 4.39 Å². The molecule has 33 heavy (non-hydrogen) atoms.